The molecular weight excluding hydrogens is 508 g/mol. The van der Waals surface area contributed by atoms with Crippen molar-refractivity contribution < 1.29 is 0 Å². The van der Waals surface area contributed by atoms with Crippen LogP contribution < -0.4 is 4.90 Å². The van der Waals surface area contributed by atoms with E-state index in [0.29, 0.717) is 17.6 Å². The fourth-order valence-corrected chi connectivity index (χ4v) is 7.15. The van der Waals surface area contributed by atoms with Gasteiger partial charge in [0, 0.05) is 32.5 Å². The highest BCUT2D eigenvalue weighted by Gasteiger charge is 2.45. The topological polar surface area (TPSA) is 41.9 Å². The predicted molar refractivity (Wildman–Crippen MR) is 161 cm³/mol. The average Bonchev–Trinajstić information content (AvgIpc) is 3.29. The summed E-state index contributed by atoms with van der Waals surface area (Å²) in [6.45, 7) is 0. The summed E-state index contributed by atoms with van der Waals surface area (Å²) in [4.78, 5) is 20.2. The molecule has 0 aliphatic carbocycles. The molecule has 0 fully saturated rings. The molecule has 2 aliphatic heterocycles. The Bertz CT molecular complexity index is 1800. The third-order valence-electron chi connectivity index (χ3n) is 7.74. The van der Waals surface area contributed by atoms with Gasteiger partial charge in [-0.3, -0.25) is 0 Å². The Morgan fingerprint density at radius 2 is 0.975 bits per heavy atom. The van der Waals surface area contributed by atoms with E-state index >= 15 is 0 Å². The van der Waals surface area contributed by atoms with Gasteiger partial charge >= 0.3 is 0 Å². The summed E-state index contributed by atoms with van der Waals surface area (Å²) < 4.78 is 0. The van der Waals surface area contributed by atoms with E-state index in [-0.39, 0.29) is 12.0 Å². The van der Waals surface area contributed by atoms with Crippen LogP contribution in [-0.2, 0) is 0 Å². The van der Waals surface area contributed by atoms with Crippen molar-refractivity contribution in [2.24, 2.45) is 0 Å². The molecule has 2 atom stereocenters. The Balaban J connectivity index is 1.41. The van der Waals surface area contributed by atoms with Crippen LogP contribution in [0.15, 0.2) is 143 Å². The predicted octanol–water partition coefficient (Wildman–Crippen LogP) is 8.70. The van der Waals surface area contributed by atoms with Crippen molar-refractivity contribution in [2.45, 2.75) is 21.8 Å². The van der Waals surface area contributed by atoms with Crippen molar-refractivity contribution in [3.05, 3.63) is 150 Å². The standard InChI is InChI=1S/C35H24N4S/c1-3-13-23(14-4-1)33-36-34(24-15-5-2-6-16-24)38-35(37-33)39-28-20-10-7-17-25(28)31-26-18-8-11-21-29(26)40-30-22-12-9-19-27(30)32(31)39/h1-22,31-32H. The minimum atomic E-state index is -0.000559. The summed E-state index contributed by atoms with van der Waals surface area (Å²) >= 11 is 1.85. The number of benzene rings is 5. The van der Waals surface area contributed by atoms with E-state index < -0.39 is 0 Å². The maximum absolute atomic E-state index is 5.16. The number of aromatic nitrogens is 3. The van der Waals surface area contributed by atoms with Crippen molar-refractivity contribution in [2.75, 3.05) is 4.90 Å². The molecule has 6 aromatic rings. The molecule has 0 N–H and O–H groups in total. The fraction of sp³-hybridized carbons (Fsp3) is 0.0571. The molecule has 40 heavy (non-hydrogen) atoms. The van der Waals surface area contributed by atoms with E-state index in [9.17, 15) is 0 Å². The number of fused-ring (bicyclic) bond motifs is 7. The Morgan fingerprint density at radius 3 is 1.62 bits per heavy atom. The largest absolute Gasteiger partial charge is 0.302 e. The fourth-order valence-electron chi connectivity index (χ4n) is 6.00. The van der Waals surface area contributed by atoms with Gasteiger partial charge in [-0.15, -0.1) is 0 Å². The lowest BCUT2D eigenvalue weighted by Crippen LogP contribution is -2.25. The zero-order valence-corrected chi connectivity index (χ0v) is 22.4. The van der Waals surface area contributed by atoms with Crippen molar-refractivity contribution in [3.8, 4) is 22.8 Å². The lowest BCUT2D eigenvalue weighted by atomic mass is 9.84. The second kappa shape index (κ2) is 9.47. The highest BCUT2D eigenvalue weighted by molar-refractivity contribution is 7.99. The molecule has 0 amide bonds. The summed E-state index contributed by atoms with van der Waals surface area (Å²) in [6, 6.07) is 46.7. The maximum Gasteiger partial charge on any atom is 0.234 e. The molecular formula is C35H24N4S. The molecule has 1 aromatic heterocycles. The second-order valence-corrected chi connectivity index (χ2v) is 11.1. The second-order valence-electron chi connectivity index (χ2n) is 10.0. The Hall–Kier alpha value is -4.74. The van der Waals surface area contributed by atoms with Gasteiger partial charge in [0.1, 0.15) is 0 Å². The van der Waals surface area contributed by atoms with Crippen LogP contribution in [-0.4, -0.2) is 15.0 Å². The van der Waals surface area contributed by atoms with Crippen LogP contribution in [0.5, 0.6) is 0 Å². The number of rotatable bonds is 3. The van der Waals surface area contributed by atoms with E-state index in [1.807, 2.05) is 48.2 Å². The molecule has 5 aromatic carbocycles. The number of anilines is 2. The monoisotopic (exact) mass is 532 g/mol. The third-order valence-corrected chi connectivity index (χ3v) is 8.92. The quantitative estimate of drug-likeness (QED) is 0.228. The minimum Gasteiger partial charge on any atom is -0.302 e. The zero-order valence-electron chi connectivity index (χ0n) is 21.6. The lowest BCUT2D eigenvalue weighted by Gasteiger charge is -2.30. The first-order valence-electron chi connectivity index (χ1n) is 13.5. The molecule has 0 radical (unpaired) electrons. The van der Waals surface area contributed by atoms with Gasteiger partial charge in [0.15, 0.2) is 11.6 Å². The smallest absolute Gasteiger partial charge is 0.234 e. The molecule has 0 saturated carbocycles. The summed E-state index contributed by atoms with van der Waals surface area (Å²) in [5.74, 6) is 2.14. The molecule has 0 bridgehead atoms. The van der Waals surface area contributed by atoms with E-state index in [1.54, 1.807) is 0 Å². The van der Waals surface area contributed by atoms with Gasteiger partial charge in [-0.05, 0) is 34.9 Å². The minimum absolute atomic E-state index is 0.000559. The van der Waals surface area contributed by atoms with Gasteiger partial charge in [-0.2, -0.15) is 9.97 Å². The van der Waals surface area contributed by atoms with Crippen LogP contribution in [0.25, 0.3) is 22.8 Å². The van der Waals surface area contributed by atoms with Crippen molar-refractivity contribution in [3.63, 3.8) is 0 Å². The number of hydrogen-bond donors (Lipinski definition) is 0. The van der Waals surface area contributed by atoms with Crippen molar-refractivity contribution in [1.29, 1.82) is 0 Å². The van der Waals surface area contributed by atoms with Gasteiger partial charge < -0.3 is 4.90 Å². The summed E-state index contributed by atoms with van der Waals surface area (Å²) in [5, 5.41) is 0. The summed E-state index contributed by atoms with van der Waals surface area (Å²) in [5.41, 5.74) is 6.99. The first-order chi connectivity index (χ1) is 19.8. The van der Waals surface area contributed by atoms with E-state index in [1.165, 1.54) is 26.5 Å². The summed E-state index contributed by atoms with van der Waals surface area (Å²) in [7, 11) is 0. The van der Waals surface area contributed by atoms with E-state index in [2.05, 4.69) is 102 Å². The van der Waals surface area contributed by atoms with Crippen LogP contribution >= 0.6 is 11.8 Å². The number of hydrogen-bond acceptors (Lipinski definition) is 5. The molecule has 3 heterocycles. The SMILES string of the molecule is c1ccc(-c2nc(-c3ccccc3)nc(N3c4ccccc4C4c5ccccc5Sc5ccccc5C43)n2)cc1. The first-order valence-corrected chi connectivity index (χ1v) is 14.3. The van der Waals surface area contributed by atoms with Crippen molar-refractivity contribution in [1.82, 2.24) is 15.0 Å². The van der Waals surface area contributed by atoms with Crippen molar-refractivity contribution >= 4 is 23.4 Å². The molecule has 0 spiro atoms. The lowest BCUT2D eigenvalue weighted by molar-refractivity contribution is 0.633. The van der Waals surface area contributed by atoms with Gasteiger partial charge in [-0.25, -0.2) is 4.98 Å². The molecule has 2 unspecified atom stereocenters. The normalized spacial score (nSPS) is 16.9. The molecule has 2 aliphatic rings. The Morgan fingerprint density at radius 1 is 0.475 bits per heavy atom. The van der Waals surface area contributed by atoms with Crippen LogP contribution in [0.1, 0.15) is 28.7 Å². The Labute approximate surface area is 237 Å². The van der Waals surface area contributed by atoms with Gasteiger partial charge in [0.2, 0.25) is 5.95 Å². The van der Waals surface area contributed by atoms with Crippen LogP contribution in [0.2, 0.25) is 0 Å². The molecule has 8 rings (SSSR count). The van der Waals surface area contributed by atoms with Gasteiger partial charge in [-0.1, -0.05) is 127 Å². The molecule has 5 heteroatoms. The average molecular weight is 533 g/mol. The van der Waals surface area contributed by atoms with E-state index in [4.69, 9.17) is 15.0 Å². The van der Waals surface area contributed by atoms with Gasteiger partial charge in [0.25, 0.3) is 0 Å². The highest BCUT2D eigenvalue weighted by atomic mass is 32.2. The van der Waals surface area contributed by atoms with E-state index in [0.717, 1.165) is 16.8 Å². The molecule has 4 nitrogen and oxygen atoms in total. The zero-order chi connectivity index (χ0) is 26.5. The molecule has 0 saturated heterocycles. The number of nitrogens with zero attached hydrogens (tertiary/aromatic N) is 4. The highest BCUT2D eigenvalue weighted by Crippen LogP contribution is 2.59. The van der Waals surface area contributed by atoms with Crippen LogP contribution in [0.3, 0.4) is 0 Å². The van der Waals surface area contributed by atoms with Gasteiger partial charge in [0.05, 0.1) is 6.04 Å². The first kappa shape index (κ1) is 23.2. The third kappa shape index (κ3) is 3.74. The maximum atomic E-state index is 5.16. The summed E-state index contributed by atoms with van der Waals surface area (Å²) in [6.07, 6.45) is 0. The Kier molecular flexibility index (Phi) is 5.49. The van der Waals surface area contributed by atoms with Crippen LogP contribution in [0.4, 0.5) is 11.6 Å². The van der Waals surface area contributed by atoms with Crippen LogP contribution in [0, 0.1) is 0 Å². The number of para-hydroxylation sites is 1. The molecule has 190 valence electrons.